The average Bonchev–Trinajstić information content (AvgIpc) is 3.09. The number of nitrogens with zero attached hydrogens (tertiary/aromatic N) is 3. The van der Waals surface area contributed by atoms with Gasteiger partial charge in [0.25, 0.3) is 0 Å². The van der Waals surface area contributed by atoms with E-state index in [0.29, 0.717) is 13.1 Å². The topological polar surface area (TPSA) is 50.5 Å². The molecule has 3 aromatic rings. The maximum Gasteiger partial charge on any atom is 0.227 e. The van der Waals surface area contributed by atoms with Crippen molar-refractivity contribution in [1.29, 1.82) is 0 Å². The van der Waals surface area contributed by atoms with Gasteiger partial charge in [-0.3, -0.25) is 4.90 Å². The van der Waals surface area contributed by atoms with Crippen molar-refractivity contribution in [3.05, 3.63) is 84.6 Å². The maximum absolute atomic E-state index is 10.5. The Morgan fingerprint density at radius 3 is 2.45 bits per heavy atom. The molecule has 1 N–H and O–H groups in total. The first-order valence-corrected chi connectivity index (χ1v) is 11.0. The molecule has 0 saturated carbocycles. The van der Waals surface area contributed by atoms with Gasteiger partial charge in [-0.25, -0.2) is 4.68 Å². The molecule has 0 aliphatic rings. The lowest BCUT2D eigenvalue weighted by molar-refractivity contribution is 0.102. The fraction of sp³-hybridized carbons (Fsp3) is 0.346. The zero-order chi connectivity index (χ0) is 22.1. The van der Waals surface area contributed by atoms with E-state index in [4.69, 9.17) is 9.84 Å². The summed E-state index contributed by atoms with van der Waals surface area (Å²) in [4.78, 5) is 2.28. The number of aryl methyl sites for hydroxylation is 1. The Bertz CT molecular complexity index is 938. The summed E-state index contributed by atoms with van der Waals surface area (Å²) in [6.45, 7) is 10.1. The average molecular weight is 420 g/mol. The largest absolute Gasteiger partial charge is 0.439 e. The van der Waals surface area contributed by atoms with Gasteiger partial charge in [-0.15, -0.1) is 6.58 Å². The van der Waals surface area contributed by atoms with Gasteiger partial charge in [0, 0.05) is 13.1 Å². The minimum absolute atomic E-state index is 0.382. The van der Waals surface area contributed by atoms with Crippen LogP contribution in [0, 0.1) is 6.92 Å². The third-order valence-electron chi connectivity index (χ3n) is 5.19. The minimum atomic E-state index is -0.382. The SMILES string of the molecule is C=CCCC(O)CN(CCC)Cc1c(C)nn(-c2ccccc2)c1Oc1ccccc1. The standard InChI is InChI=1S/C26H33N3O2/c1-4-6-15-23(30)19-28(18-5-2)20-25-21(3)27-29(22-13-9-7-10-14-22)26(25)31-24-16-11-8-12-17-24/h4,7-14,16-17,23,30H,1,5-6,15,18-20H2,2-3H3. The van der Waals surface area contributed by atoms with Crippen molar-refractivity contribution in [2.45, 2.75) is 45.8 Å². The van der Waals surface area contributed by atoms with Crippen molar-refractivity contribution in [2.75, 3.05) is 13.1 Å². The Hall–Kier alpha value is -2.89. The smallest absolute Gasteiger partial charge is 0.227 e. The summed E-state index contributed by atoms with van der Waals surface area (Å²) in [5.74, 6) is 1.49. The van der Waals surface area contributed by atoms with Crippen LogP contribution in [0.5, 0.6) is 11.6 Å². The number of aliphatic hydroxyl groups excluding tert-OH is 1. The summed E-state index contributed by atoms with van der Waals surface area (Å²) >= 11 is 0. The first kappa shape index (κ1) is 22.8. The number of aliphatic hydroxyl groups is 1. The van der Waals surface area contributed by atoms with Crippen LogP contribution in [0.2, 0.25) is 0 Å². The lowest BCUT2D eigenvalue weighted by atomic mass is 10.1. The molecular formula is C26H33N3O2. The van der Waals surface area contributed by atoms with E-state index in [2.05, 4.69) is 18.4 Å². The zero-order valence-corrected chi connectivity index (χ0v) is 18.6. The van der Waals surface area contributed by atoms with E-state index in [0.717, 1.165) is 54.4 Å². The van der Waals surface area contributed by atoms with Gasteiger partial charge in [0.15, 0.2) is 0 Å². The second-order valence-electron chi connectivity index (χ2n) is 7.79. The third kappa shape index (κ3) is 6.29. The summed E-state index contributed by atoms with van der Waals surface area (Å²) in [5, 5.41) is 15.3. The number of allylic oxidation sites excluding steroid dienone is 1. The molecule has 164 valence electrons. The molecular weight excluding hydrogens is 386 g/mol. The van der Waals surface area contributed by atoms with Crippen molar-refractivity contribution in [3.8, 4) is 17.3 Å². The predicted octanol–water partition coefficient (Wildman–Crippen LogP) is 5.51. The van der Waals surface area contributed by atoms with Gasteiger partial charge in [-0.2, -0.15) is 5.10 Å². The molecule has 3 rings (SSSR count). The fourth-order valence-corrected chi connectivity index (χ4v) is 3.64. The van der Waals surface area contributed by atoms with E-state index >= 15 is 0 Å². The molecule has 0 bridgehead atoms. The monoisotopic (exact) mass is 419 g/mol. The zero-order valence-electron chi connectivity index (χ0n) is 18.6. The highest BCUT2D eigenvalue weighted by Crippen LogP contribution is 2.31. The molecule has 0 saturated heterocycles. The van der Waals surface area contributed by atoms with Crippen LogP contribution in [-0.4, -0.2) is 39.0 Å². The van der Waals surface area contributed by atoms with Crippen LogP contribution in [0.4, 0.5) is 0 Å². The molecule has 0 fully saturated rings. The molecule has 0 aliphatic heterocycles. The number of benzene rings is 2. The van der Waals surface area contributed by atoms with Crippen LogP contribution in [0.25, 0.3) is 5.69 Å². The molecule has 0 radical (unpaired) electrons. The minimum Gasteiger partial charge on any atom is -0.439 e. The number of para-hydroxylation sites is 2. The normalized spacial score (nSPS) is 12.1. The summed E-state index contributed by atoms with van der Waals surface area (Å²) in [5.41, 5.74) is 2.92. The second kappa shape index (κ2) is 11.5. The van der Waals surface area contributed by atoms with Crippen LogP contribution in [0.15, 0.2) is 73.3 Å². The predicted molar refractivity (Wildman–Crippen MR) is 126 cm³/mol. The van der Waals surface area contributed by atoms with Crippen LogP contribution >= 0.6 is 0 Å². The van der Waals surface area contributed by atoms with E-state index < -0.39 is 0 Å². The van der Waals surface area contributed by atoms with Gasteiger partial charge in [0.05, 0.1) is 23.0 Å². The van der Waals surface area contributed by atoms with Crippen molar-refractivity contribution in [2.24, 2.45) is 0 Å². The quantitative estimate of drug-likeness (QED) is 0.393. The summed E-state index contributed by atoms with van der Waals surface area (Å²) in [6.07, 6.45) is 4.02. The second-order valence-corrected chi connectivity index (χ2v) is 7.79. The highest BCUT2D eigenvalue weighted by Gasteiger charge is 2.22. The Balaban J connectivity index is 1.93. The first-order chi connectivity index (χ1) is 15.1. The van der Waals surface area contributed by atoms with Gasteiger partial charge < -0.3 is 9.84 Å². The lowest BCUT2D eigenvalue weighted by Crippen LogP contribution is -2.33. The number of hydrogen-bond donors (Lipinski definition) is 1. The molecule has 0 aliphatic carbocycles. The molecule has 1 aromatic heterocycles. The summed E-state index contributed by atoms with van der Waals surface area (Å²) in [7, 11) is 0. The van der Waals surface area contributed by atoms with Crippen molar-refractivity contribution >= 4 is 0 Å². The van der Waals surface area contributed by atoms with Gasteiger partial charge in [-0.1, -0.05) is 49.4 Å². The van der Waals surface area contributed by atoms with Gasteiger partial charge in [0.1, 0.15) is 5.75 Å². The molecule has 31 heavy (non-hydrogen) atoms. The van der Waals surface area contributed by atoms with Crippen LogP contribution < -0.4 is 4.74 Å². The highest BCUT2D eigenvalue weighted by atomic mass is 16.5. The summed E-state index contributed by atoms with van der Waals surface area (Å²) in [6, 6.07) is 19.8. The third-order valence-corrected chi connectivity index (χ3v) is 5.19. The molecule has 1 unspecified atom stereocenters. The van der Waals surface area contributed by atoms with E-state index in [9.17, 15) is 5.11 Å². The van der Waals surface area contributed by atoms with Gasteiger partial charge >= 0.3 is 0 Å². The van der Waals surface area contributed by atoms with Crippen molar-refractivity contribution in [3.63, 3.8) is 0 Å². The Morgan fingerprint density at radius 2 is 1.81 bits per heavy atom. The van der Waals surface area contributed by atoms with E-state index in [-0.39, 0.29) is 6.10 Å². The Kier molecular flexibility index (Phi) is 8.44. The maximum atomic E-state index is 10.5. The highest BCUT2D eigenvalue weighted by molar-refractivity contribution is 5.43. The van der Waals surface area contributed by atoms with Crippen LogP contribution in [0.3, 0.4) is 0 Å². The Morgan fingerprint density at radius 1 is 1.13 bits per heavy atom. The number of hydrogen-bond acceptors (Lipinski definition) is 4. The van der Waals surface area contributed by atoms with Crippen molar-refractivity contribution in [1.82, 2.24) is 14.7 Å². The van der Waals surface area contributed by atoms with Gasteiger partial charge in [0.2, 0.25) is 5.88 Å². The van der Waals surface area contributed by atoms with Gasteiger partial charge in [-0.05, 0) is 57.0 Å². The van der Waals surface area contributed by atoms with Crippen molar-refractivity contribution < 1.29 is 9.84 Å². The molecule has 2 aromatic carbocycles. The van der Waals surface area contributed by atoms with Crippen LogP contribution in [-0.2, 0) is 6.54 Å². The molecule has 0 spiro atoms. The molecule has 0 amide bonds. The van der Waals surface area contributed by atoms with E-state index in [1.807, 2.05) is 78.3 Å². The molecule has 1 atom stereocenters. The molecule has 5 nitrogen and oxygen atoms in total. The molecule has 5 heteroatoms. The number of ether oxygens (including phenoxy) is 1. The number of aromatic nitrogens is 2. The van der Waals surface area contributed by atoms with E-state index in [1.54, 1.807) is 0 Å². The fourth-order valence-electron chi connectivity index (χ4n) is 3.64. The van der Waals surface area contributed by atoms with E-state index in [1.165, 1.54) is 0 Å². The first-order valence-electron chi connectivity index (χ1n) is 11.0. The Labute approximate surface area is 185 Å². The molecule has 1 heterocycles. The number of rotatable bonds is 12. The summed E-state index contributed by atoms with van der Waals surface area (Å²) < 4.78 is 8.23. The van der Waals surface area contributed by atoms with Crippen LogP contribution in [0.1, 0.15) is 37.4 Å². The lowest BCUT2D eigenvalue weighted by Gasteiger charge is -2.25.